The van der Waals surface area contributed by atoms with Gasteiger partial charge >= 0.3 is 6.09 Å². The lowest BCUT2D eigenvalue weighted by atomic mass is 10.1. The third kappa shape index (κ3) is 3.26. The topological polar surface area (TPSA) is 72.3 Å². The van der Waals surface area contributed by atoms with E-state index in [1.54, 1.807) is 4.90 Å². The van der Waals surface area contributed by atoms with Crippen LogP contribution < -0.4 is 10.2 Å². The van der Waals surface area contributed by atoms with Gasteiger partial charge in [-0.05, 0) is 24.6 Å². The zero-order valence-corrected chi connectivity index (χ0v) is 14.3. The van der Waals surface area contributed by atoms with Gasteiger partial charge in [0.2, 0.25) is 0 Å². The molecular formula is C17H23N5O2. The molecule has 2 aromatic rings. The summed E-state index contributed by atoms with van der Waals surface area (Å²) in [6.07, 6.45) is 0.589. The minimum Gasteiger partial charge on any atom is -0.447 e. The molecular weight excluding hydrogens is 306 g/mol. The van der Waals surface area contributed by atoms with Gasteiger partial charge in [0.05, 0.1) is 13.1 Å². The number of hydrogen-bond donors (Lipinski definition) is 1. The molecule has 1 amide bonds. The van der Waals surface area contributed by atoms with Crippen molar-refractivity contribution in [2.45, 2.75) is 32.9 Å². The Morgan fingerprint density at radius 3 is 2.79 bits per heavy atom. The number of hydrogen-bond acceptors (Lipinski definition) is 5. The molecule has 0 spiro atoms. The molecule has 7 heteroatoms. The van der Waals surface area contributed by atoms with Crippen LogP contribution in [-0.2, 0) is 24.8 Å². The van der Waals surface area contributed by atoms with Crippen LogP contribution in [0.4, 0.5) is 10.5 Å². The number of anilines is 1. The minimum absolute atomic E-state index is 0.130. The minimum atomic E-state index is -0.279. The molecule has 1 atom stereocenters. The monoisotopic (exact) mass is 329 g/mol. The van der Waals surface area contributed by atoms with E-state index in [0.717, 1.165) is 29.3 Å². The van der Waals surface area contributed by atoms with E-state index >= 15 is 0 Å². The fourth-order valence-corrected chi connectivity index (χ4v) is 2.81. The highest BCUT2D eigenvalue weighted by Crippen LogP contribution is 2.23. The third-order valence-corrected chi connectivity index (χ3v) is 4.38. The van der Waals surface area contributed by atoms with Crippen molar-refractivity contribution in [2.75, 3.05) is 18.1 Å². The van der Waals surface area contributed by atoms with Crippen LogP contribution in [0.1, 0.15) is 37.1 Å². The molecule has 1 saturated heterocycles. The van der Waals surface area contributed by atoms with E-state index in [2.05, 4.69) is 35.4 Å². The van der Waals surface area contributed by atoms with Gasteiger partial charge in [-0.2, -0.15) is 0 Å². The molecule has 3 rings (SSSR count). The van der Waals surface area contributed by atoms with E-state index in [9.17, 15) is 4.79 Å². The second-order valence-corrected chi connectivity index (χ2v) is 5.91. The summed E-state index contributed by atoms with van der Waals surface area (Å²) in [5.74, 6) is 1.90. The van der Waals surface area contributed by atoms with Gasteiger partial charge < -0.3 is 14.6 Å². The maximum atomic E-state index is 11.7. The van der Waals surface area contributed by atoms with Gasteiger partial charge in [0.1, 0.15) is 18.3 Å². The molecule has 24 heavy (non-hydrogen) atoms. The van der Waals surface area contributed by atoms with E-state index in [4.69, 9.17) is 4.74 Å². The number of amides is 1. The first-order valence-electron chi connectivity index (χ1n) is 8.25. The summed E-state index contributed by atoms with van der Waals surface area (Å²) in [5, 5.41) is 11.9. The molecule has 0 bridgehead atoms. The van der Waals surface area contributed by atoms with Gasteiger partial charge in [-0.15, -0.1) is 10.2 Å². The van der Waals surface area contributed by atoms with Crippen LogP contribution in [0, 0.1) is 0 Å². The summed E-state index contributed by atoms with van der Waals surface area (Å²) in [4.78, 5) is 13.4. The van der Waals surface area contributed by atoms with Crippen LogP contribution in [0.5, 0.6) is 0 Å². The zero-order valence-electron chi connectivity index (χ0n) is 14.3. The van der Waals surface area contributed by atoms with Crippen LogP contribution in [0.3, 0.4) is 0 Å². The molecule has 1 aliphatic rings. The zero-order chi connectivity index (χ0) is 17.1. The molecule has 0 radical (unpaired) electrons. The van der Waals surface area contributed by atoms with Crippen LogP contribution in [0.15, 0.2) is 24.3 Å². The molecule has 1 aromatic carbocycles. The Kier molecular flexibility index (Phi) is 4.80. The molecule has 1 aliphatic heterocycles. The lowest BCUT2D eigenvalue weighted by Crippen LogP contribution is -2.24. The molecule has 0 unspecified atom stereocenters. The fraction of sp³-hybridized carbons (Fsp3) is 0.471. The average Bonchev–Trinajstić information content (AvgIpc) is 3.18. The predicted octanol–water partition coefficient (Wildman–Crippen LogP) is 2.18. The average molecular weight is 329 g/mol. The van der Waals surface area contributed by atoms with Crippen LogP contribution in [0.2, 0.25) is 0 Å². The van der Waals surface area contributed by atoms with Crippen molar-refractivity contribution in [3.05, 3.63) is 41.5 Å². The number of carbonyl (C=O) groups excluding carboxylic acids is 1. The predicted molar refractivity (Wildman–Crippen MR) is 90.8 cm³/mol. The van der Waals surface area contributed by atoms with E-state index in [1.807, 2.05) is 29.8 Å². The Bertz CT molecular complexity index is 728. The van der Waals surface area contributed by atoms with Gasteiger partial charge in [0.25, 0.3) is 0 Å². The van der Waals surface area contributed by atoms with Gasteiger partial charge in [-0.3, -0.25) is 4.90 Å². The second kappa shape index (κ2) is 7.00. The molecule has 0 saturated carbocycles. The fourth-order valence-electron chi connectivity index (χ4n) is 2.81. The second-order valence-electron chi connectivity index (χ2n) is 5.91. The van der Waals surface area contributed by atoms with E-state index in [-0.39, 0.29) is 12.1 Å². The summed E-state index contributed by atoms with van der Waals surface area (Å²) < 4.78 is 7.03. The quantitative estimate of drug-likeness (QED) is 0.879. The summed E-state index contributed by atoms with van der Waals surface area (Å²) >= 11 is 0. The number of aromatic nitrogens is 3. The molecule has 7 nitrogen and oxygen atoms in total. The largest absolute Gasteiger partial charge is 0.447 e. The maximum absolute atomic E-state index is 11.7. The first kappa shape index (κ1) is 16.4. The summed E-state index contributed by atoms with van der Waals surface area (Å²) in [7, 11) is 1.99. The van der Waals surface area contributed by atoms with Crippen molar-refractivity contribution < 1.29 is 9.53 Å². The molecule has 1 fully saturated rings. The Balaban J connectivity index is 1.67. The van der Waals surface area contributed by atoms with Gasteiger partial charge in [-0.25, -0.2) is 4.79 Å². The number of rotatable bonds is 6. The Hall–Kier alpha value is -2.41. The summed E-state index contributed by atoms with van der Waals surface area (Å²) in [6.45, 7) is 5.85. The van der Waals surface area contributed by atoms with Crippen LogP contribution >= 0.6 is 0 Å². The van der Waals surface area contributed by atoms with Gasteiger partial charge in [0.15, 0.2) is 0 Å². The summed E-state index contributed by atoms with van der Waals surface area (Å²) in [5.41, 5.74) is 1.99. The molecule has 2 heterocycles. The van der Waals surface area contributed by atoms with Gasteiger partial charge in [0, 0.05) is 25.2 Å². The van der Waals surface area contributed by atoms with E-state index in [0.29, 0.717) is 19.7 Å². The van der Waals surface area contributed by atoms with Crippen molar-refractivity contribution in [2.24, 2.45) is 7.05 Å². The van der Waals surface area contributed by atoms with E-state index in [1.165, 1.54) is 0 Å². The van der Waals surface area contributed by atoms with Crippen molar-refractivity contribution in [3.63, 3.8) is 0 Å². The lowest BCUT2D eigenvalue weighted by Gasteiger charge is -2.18. The number of benzene rings is 1. The van der Waals surface area contributed by atoms with Crippen molar-refractivity contribution in [1.29, 1.82) is 0 Å². The smallest absolute Gasteiger partial charge is 0.414 e. The first-order chi connectivity index (χ1) is 11.6. The van der Waals surface area contributed by atoms with E-state index < -0.39 is 0 Å². The highest BCUT2D eigenvalue weighted by atomic mass is 16.6. The Labute approximate surface area is 141 Å². The summed E-state index contributed by atoms with van der Waals surface area (Å²) in [6, 6.07) is 8.10. The normalized spacial score (nSPS) is 15.6. The maximum Gasteiger partial charge on any atom is 0.414 e. The standard InChI is InChI=1S/C17H23N5O2/c1-4-15-19-20-16(21(15)3)11-18-12(2)13-6-5-7-14(10-13)22-8-9-24-17(22)23/h5-7,10,12,18H,4,8-9,11H2,1-3H3/t12-/m1/s1. The van der Waals surface area contributed by atoms with Gasteiger partial charge in [-0.1, -0.05) is 19.1 Å². The molecule has 0 aliphatic carbocycles. The highest BCUT2D eigenvalue weighted by molar-refractivity contribution is 5.89. The molecule has 128 valence electrons. The van der Waals surface area contributed by atoms with Crippen molar-refractivity contribution >= 4 is 11.8 Å². The lowest BCUT2D eigenvalue weighted by molar-refractivity contribution is 0.181. The highest BCUT2D eigenvalue weighted by Gasteiger charge is 2.23. The third-order valence-electron chi connectivity index (χ3n) is 4.38. The SMILES string of the molecule is CCc1nnc(CN[C@H](C)c2cccc(N3CCOC3=O)c2)n1C. The number of cyclic esters (lactones) is 1. The van der Waals surface area contributed by atoms with Crippen LogP contribution in [0.25, 0.3) is 0 Å². The number of ether oxygens (including phenoxy) is 1. The van der Waals surface area contributed by atoms with Crippen LogP contribution in [-0.4, -0.2) is 34.0 Å². The number of aryl methyl sites for hydroxylation is 1. The Morgan fingerprint density at radius 1 is 1.33 bits per heavy atom. The molecule has 1 N–H and O–H groups in total. The van der Waals surface area contributed by atoms with Crippen molar-refractivity contribution in [3.8, 4) is 0 Å². The number of carbonyl (C=O) groups is 1. The first-order valence-corrected chi connectivity index (χ1v) is 8.25. The van der Waals surface area contributed by atoms with Crippen molar-refractivity contribution in [1.82, 2.24) is 20.1 Å². The number of nitrogens with one attached hydrogen (secondary N) is 1. The molecule has 1 aromatic heterocycles. The Morgan fingerprint density at radius 2 is 2.12 bits per heavy atom. The number of nitrogens with zero attached hydrogens (tertiary/aromatic N) is 4.